The Morgan fingerprint density at radius 3 is 2.46 bits per heavy atom. The van der Waals surface area contributed by atoms with Crippen LogP contribution in [0.4, 0.5) is 4.79 Å². The highest BCUT2D eigenvalue weighted by Crippen LogP contribution is 2.18. The van der Waals surface area contributed by atoms with Crippen LogP contribution in [0.15, 0.2) is 60.8 Å². The monoisotopic (exact) mass is 351 g/mol. The van der Waals surface area contributed by atoms with E-state index >= 15 is 0 Å². The molecule has 2 aromatic rings. The van der Waals surface area contributed by atoms with E-state index in [0.29, 0.717) is 0 Å². The summed E-state index contributed by atoms with van der Waals surface area (Å²) in [6.07, 6.45) is 3.53. The molecule has 3 rings (SSSR count). The predicted octanol–water partition coefficient (Wildman–Crippen LogP) is 3.19. The van der Waals surface area contributed by atoms with Crippen LogP contribution in [0.5, 0.6) is 5.75 Å². The van der Waals surface area contributed by atoms with Gasteiger partial charge in [0.15, 0.2) is 0 Å². The minimum absolute atomic E-state index is 0.0597. The number of benzene rings is 2. The molecular formula is C21H25N3O2. The van der Waals surface area contributed by atoms with E-state index in [1.807, 2.05) is 41.3 Å². The molecule has 0 saturated carbocycles. The number of nitrogens with one attached hydrogen (secondary N) is 1. The molecular weight excluding hydrogens is 326 g/mol. The average molecular weight is 351 g/mol. The van der Waals surface area contributed by atoms with Crippen LogP contribution in [-0.4, -0.2) is 49.1 Å². The van der Waals surface area contributed by atoms with Gasteiger partial charge in [0.2, 0.25) is 0 Å². The van der Waals surface area contributed by atoms with E-state index in [-0.39, 0.29) is 6.03 Å². The molecule has 1 heterocycles. The molecule has 5 nitrogen and oxygen atoms in total. The molecule has 136 valence electrons. The molecule has 2 aromatic carbocycles. The third-order valence-corrected chi connectivity index (χ3v) is 4.52. The highest BCUT2D eigenvalue weighted by molar-refractivity contribution is 5.76. The molecule has 1 fully saturated rings. The summed E-state index contributed by atoms with van der Waals surface area (Å²) in [5, 5.41) is 2.85. The number of rotatable bonds is 5. The molecule has 5 heteroatoms. The summed E-state index contributed by atoms with van der Waals surface area (Å²) in [4.78, 5) is 16.6. The van der Waals surface area contributed by atoms with Gasteiger partial charge in [0.25, 0.3) is 0 Å². The van der Waals surface area contributed by atoms with Gasteiger partial charge in [-0.05, 0) is 17.7 Å². The van der Waals surface area contributed by atoms with E-state index in [4.69, 9.17) is 4.74 Å². The minimum Gasteiger partial charge on any atom is -0.496 e. The fourth-order valence-corrected chi connectivity index (χ4v) is 3.05. The largest absolute Gasteiger partial charge is 0.496 e. The van der Waals surface area contributed by atoms with Crippen LogP contribution in [0, 0.1) is 0 Å². The Morgan fingerprint density at radius 1 is 1.04 bits per heavy atom. The van der Waals surface area contributed by atoms with Crippen molar-refractivity contribution in [2.75, 3.05) is 33.3 Å². The summed E-state index contributed by atoms with van der Waals surface area (Å²) in [5.74, 6) is 0.785. The van der Waals surface area contributed by atoms with Crippen LogP contribution < -0.4 is 10.1 Å². The van der Waals surface area contributed by atoms with Crippen molar-refractivity contribution in [1.29, 1.82) is 0 Å². The van der Waals surface area contributed by atoms with E-state index in [9.17, 15) is 4.79 Å². The van der Waals surface area contributed by atoms with Crippen molar-refractivity contribution in [3.05, 3.63) is 71.9 Å². The molecule has 0 atom stereocenters. The Bertz CT molecular complexity index is 738. The molecule has 0 bridgehead atoms. The number of ether oxygens (including phenoxy) is 1. The fraction of sp³-hybridized carbons (Fsp3) is 0.286. The number of urea groups is 1. The summed E-state index contributed by atoms with van der Waals surface area (Å²) in [7, 11) is 1.64. The van der Waals surface area contributed by atoms with Crippen molar-refractivity contribution in [3.63, 3.8) is 0 Å². The summed E-state index contributed by atoms with van der Waals surface area (Å²) in [6.45, 7) is 4.18. The maximum absolute atomic E-state index is 12.3. The molecule has 2 amide bonds. The number of para-hydroxylation sites is 1. The van der Waals surface area contributed by atoms with Crippen molar-refractivity contribution in [1.82, 2.24) is 15.1 Å². The minimum atomic E-state index is -0.0597. The second-order valence-corrected chi connectivity index (χ2v) is 6.27. The Hall–Kier alpha value is -2.79. The van der Waals surface area contributed by atoms with Crippen LogP contribution in [0.2, 0.25) is 0 Å². The molecule has 0 aliphatic carbocycles. The molecule has 0 spiro atoms. The highest BCUT2D eigenvalue weighted by atomic mass is 16.5. The zero-order chi connectivity index (χ0) is 18.2. The number of carbonyl (C=O) groups is 1. The molecule has 1 N–H and O–H groups in total. The standard InChI is InChI=1S/C21H25N3O2/c1-26-20-10-6-5-9-19(20)11-12-22-21(25)24-15-13-23(14-16-24)17-18-7-3-2-4-8-18/h2-12H,13-17H2,1H3,(H,22,25)/b12-11+. The lowest BCUT2D eigenvalue weighted by Gasteiger charge is -2.34. The molecule has 1 aliphatic heterocycles. The fourth-order valence-electron chi connectivity index (χ4n) is 3.05. The summed E-state index contributed by atoms with van der Waals surface area (Å²) < 4.78 is 5.30. The Kier molecular flexibility index (Phi) is 6.28. The maximum Gasteiger partial charge on any atom is 0.321 e. The van der Waals surface area contributed by atoms with E-state index < -0.39 is 0 Å². The van der Waals surface area contributed by atoms with Crippen molar-refractivity contribution >= 4 is 12.1 Å². The first-order chi connectivity index (χ1) is 12.8. The SMILES string of the molecule is COc1ccccc1/C=C/NC(=O)N1CCN(Cc2ccccc2)CC1. The summed E-state index contributed by atoms with van der Waals surface area (Å²) in [6, 6.07) is 18.1. The first-order valence-electron chi connectivity index (χ1n) is 8.87. The van der Waals surface area contributed by atoms with Gasteiger partial charge in [0.05, 0.1) is 7.11 Å². The van der Waals surface area contributed by atoms with Gasteiger partial charge in [0, 0.05) is 44.5 Å². The lowest BCUT2D eigenvalue weighted by molar-refractivity contribution is 0.137. The molecule has 26 heavy (non-hydrogen) atoms. The van der Waals surface area contributed by atoms with Crippen molar-refractivity contribution in [3.8, 4) is 5.75 Å². The number of methoxy groups -OCH3 is 1. The Labute approximate surface area is 154 Å². The molecule has 0 unspecified atom stereocenters. The predicted molar refractivity (Wildman–Crippen MR) is 104 cm³/mol. The van der Waals surface area contributed by atoms with Crippen molar-refractivity contribution in [2.24, 2.45) is 0 Å². The van der Waals surface area contributed by atoms with Gasteiger partial charge >= 0.3 is 6.03 Å². The number of hydrogen-bond donors (Lipinski definition) is 1. The number of nitrogens with zero attached hydrogens (tertiary/aromatic N) is 2. The van der Waals surface area contributed by atoms with Gasteiger partial charge in [-0.1, -0.05) is 48.5 Å². The zero-order valence-electron chi connectivity index (χ0n) is 15.1. The Morgan fingerprint density at radius 2 is 1.73 bits per heavy atom. The van der Waals surface area contributed by atoms with Crippen LogP contribution in [0.1, 0.15) is 11.1 Å². The van der Waals surface area contributed by atoms with Crippen LogP contribution in [0.25, 0.3) is 6.08 Å². The summed E-state index contributed by atoms with van der Waals surface area (Å²) in [5.41, 5.74) is 2.24. The lowest BCUT2D eigenvalue weighted by Crippen LogP contribution is -2.50. The van der Waals surface area contributed by atoms with Crippen LogP contribution in [-0.2, 0) is 6.54 Å². The van der Waals surface area contributed by atoms with E-state index in [1.165, 1.54) is 5.56 Å². The molecule has 0 aromatic heterocycles. The quantitative estimate of drug-likeness (QED) is 0.900. The third kappa shape index (κ3) is 4.86. The number of hydrogen-bond acceptors (Lipinski definition) is 3. The van der Waals surface area contributed by atoms with E-state index in [0.717, 1.165) is 44.0 Å². The number of carbonyl (C=O) groups excluding carboxylic acids is 1. The number of amides is 2. The van der Waals surface area contributed by atoms with Gasteiger partial charge in [0.1, 0.15) is 5.75 Å². The zero-order valence-corrected chi connectivity index (χ0v) is 15.1. The van der Waals surface area contributed by atoms with Gasteiger partial charge in [-0.3, -0.25) is 4.90 Å². The van der Waals surface area contributed by atoms with Gasteiger partial charge in [-0.25, -0.2) is 4.79 Å². The first-order valence-corrected chi connectivity index (χ1v) is 8.87. The van der Waals surface area contributed by atoms with Gasteiger partial charge in [-0.2, -0.15) is 0 Å². The summed E-state index contributed by atoms with van der Waals surface area (Å²) >= 11 is 0. The molecule has 1 aliphatic rings. The van der Waals surface area contributed by atoms with Crippen molar-refractivity contribution < 1.29 is 9.53 Å². The second-order valence-electron chi connectivity index (χ2n) is 6.27. The highest BCUT2D eigenvalue weighted by Gasteiger charge is 2.20. The topological polar surface area (TPSA) is 44.8 Å². The Balaban J connectivity index is 1.45. The third-order valence-electron chi connectivity index (χ3n) is 4.52. The van der Waals surface area contributed by atoms with Crippen molar-refractivity contribution in [2.45, 2.75) is 6.54 Å². The van der Waals surface area contributed by atoms with Gasteiger partial charge in [-0.15, -0.1) is 0 Å². The van der Waals surface area contributed by atoms with Crippen LogP contribution in [0.3, 0.4) is 0 Å². The van der Waals surface area contributed by atoms with E-state index in [1.54, 1.807) is 13.3 Å². The number of piperazine rings is 1. The lowest BCUT2D eigenvalue weighted by atomic mass is 10.2. The smallest absolute Gasteiger partial charge is 0.321 e. The van der Waals surface area contributed by atoms with Crippen LogP contribution >= 0.6 is 0 Å². The average Bonchev–Trinajstić information content (AvgIpc) is 2.69. The van der Waals surface area contributed by atoms with Gasteiger partial charge < -0.3 is 15.0 Å². The normalized spacial score (nSPS) is 15.2. The molecule has 1 saturated heterocycles. The maximum atomic E-state index is 12.3. The molecule has 0 radical (unpaired) electrons. The van der Waals surface area contributed by atoms with E-state index in [2.05, 4.69) is 34.5 Å². The second kappa shape index (κ2) is 9.06. The first kappa shape index (κ1) is 18.0.